The molecule has 1 saturated heterocycles. The predicted octanol–water partition coefficient (Wildman–Crippen LogP) is 4.12. The first-order valence-corrected chi connectivity index (χ1v) is 11.0. The molecule has 0 spiro atoms. The van der Waals surface area contributed by atoms with Crippen LogP contribution in [0.5, 0.6) is 0 Å². The Hall–Kier alpha value is -3.32. The largest absolute Gasteiger partial charge is 0.361 e. The minimum absolute atomic E-state index is 0.204. The monoisotopic (exact) mass is 452 g/mol. The van der Waals surface area contributed by atoms with Gasteiger partial charge in [-0.15, -0.1) is 0 Å². The second-order valence-corrected chi connectivity index (χ2v) is 8.72. The molecule has 1 atom stereocenters. The molecule has 2 aromatic carbocycles. The number of nitrogens with one attached hydrogen (secondary N) is 3. The summed E-state index contributed by atoms with van der Waals surface area (Å²) in [5.74, 6) is -0.832. The quantitative estimate of drug-likeness (QED) is 0.449. The number of carbonyl (C=O) groups excluding carboxylic acids is 3. The molecule has 3 N–H and O–H groups in total. The number of imide groups is 1. The Morgan fingerprint density at radius 3 is 2.75 bits per heavy atom. The van der Waals surface area contributed by atoms with Crippen LogP contribution >= 0.6 is 11.6 Å². The maximum absolute atomic E-state index is 12.9. The highest BCUT2D eigenvalue weighted by Gasteiger charge is 2.48. The molecule has 1 unspecified atom stereocenters. The average Bonchev–Trinajstić information content (AvgIpc) is 3.27. The standard InChI is InChI=1S/C24H25ClN4O3/c1-24(13-12-16-6-4-8-18(25)14-16)22(31)29(23(32)27-24)28-21(30)11-5-7-17-15-26-20-10-3-2-9-19(17)20/h2-4,6,8-10,14-15,26H,5,7,11-13H2,1H3,(H,27,32)(H,28,30). The molecule has 1 aliphatic heterocycles. The number of rotatable bonds is 8. The zero-order valence-electron chi connectivity index (χ0n) is 17.8. The predicted molar refractivity (Wildman–Crippen MR) is 123 cm³/mol. The molecule has 1 aliphatic rings. The third kappa shape index (κ3) is 4.62. The third-order valence-electron chi connectivity index (χ3n) is 5.83. The molecule has 1 fully saturated rings. The molecule has 1 aromatic heterocycles. The molecule has 0 radical (unpaired) electrons. The second kappa shape index (κ2) is 9.04. The van der Waals surface area contributed by atoms with Crippen LogP contribution in [0.2, 0.25) is 5.02 Å². The van der Waals surface area contributed by atoms with Crippen LogP contribution in [0.1, 0.15) is 37.3 Å². The fourth-order valence-electron chi connectivity index (χ4n) is 4.00. The van der Waals surface area contributed by atoms with Gasteiger partial charge in [0.05, 0.1) is 0 Å². The van der Waals surface area contributed by atoms with Gasteiger partial charge in [-0.1, -0.05) is 41.9 Å². The number of nitrogens with zero attached hydrogens (tertiary/aromatic N) is 1. The van der Waals surface area contributed by atoms with Crippen molar-refractivity contribution in [3.8, 4) is 0 Å². The number of aromatic nitrogens is 1. The van der Waals surface area contributed by atoms with Crippen molar-refractivity contribution in [3.63, 3.8) is 0 Å². The van der Waals surface area contributed by atoms with Crippen LogP contribution in [0.3, 0.4) is 0 Å². The van der Waals surface area contributed by atoms with Crippen molar-refractivity contribution in [1.29, 1.82) is 0 Å². The minimum Gasteiger partial charge on any atom is -0.361 e. The van der Waals surface area contributed by atoms with Crippen molar-refractivity contribution in [3.05, 3.63) is 70.9 Å². The van der Waals surface area contributed by atoms with Crippen LogP contribution in [0.4, 0.5) is 4.79 Å². The number of hydrogen-bond acceptors (Lipinski definition) is 3. The van der Waals surface area contributed by atoms with Crippen LogP contribution in [-0.4, -0.2) is 33.4 Å². The van der Waals surface area contributed by atoms with Crippen molar-refractivity contribution in [2.45, 2.75) is 44.6 Å². The zero-order chi connectivity index (χ0) is 22.7. The molecule has 32 heavy (non-hydrogen) atoms. The maximum Gasteiger partial charge on any atom is 0.344 e. The summed E-state index contributed by atoms with van der Waals surface area (Å²) in [7, 11) is 0. The van der Waals surface area contributed by atoms with Crippen molar-refractivity contribution in [1.82, 2.24) is 20.7 Å². The number of amides is 4. The Kier molecular flexibility index (Phi) is 6.19. The Morgan fingerprint density at radius 1 is 1.12 bits per heavy atom. The number of aromatic amines is 1. The van der Waals surface area contributed by atoms with Crippen LogP contribution in [0.15, 0.2) is 54.7 Å². The molecular formula is C24H25ClN4O3. The molecule has 4 rings (SSSR count). The highest BCUT2D eigenvalue weighted by Crippen LogP contribution is 2.24. The van der Waals surface area contributed by atoms with Crippen LogP contribution in [-0.2, 0) is 22.4 Å². The average molecular weight is 453 g/mol. The van der Waals surface area contributed by atoms with E-state index >= 15 is 0 Å². The fraction of sp³-hybridized carbons (Fsp3) is 0.292. The molecule has 8 heteroatoms. The molecule has 7 nitrogen and oxygen atoms in total. The number of benzene rings is 2. The molecule has 0 saturated carbocycles. The molecule has 4 amide bonds. The minimum atomic E-state index is -1.09. The van der Waals surface area contributed by atoms with Crippen molar-refractivity contribution >= 4 is 40.3 Å². The number of hydrazine groups is 1. The Morgan fingerprint density at radius 2 is 1.94 bits per heavy atom. The van der Waals surface area contributed by atoms with Crippen LogP contribution in [0.25, 0.3) is 10.9 Å². The summed E-state index contributed by atoms with van der Waals surface area (Å²) in [6.45, 7) is 1.67. The van der Waals surface area contributed by atoms with Gasteiger partial charge in [0, 0.05) is 28.5 Å². The maximum atomic E-state index is 12.9. The van der Waals surface area contributed by atoms with Gasteiger partial charge in [-0.3, -0.25) is 15.0 Å². The van der Waals surface area contributed by atoms with Gasteiger partial charge in [0.1, 0.15) is 5.54 Å². The summed E-state index contributed by atoms with van der Waals surface area (Å²) in [6.07, 6.45) is 4.43. The normalized spacial score (nSPS) is 18.2. The molecule has 166 valence electrons. The van der Waals surface area contributed by atoms with E-state index < -0.39 is 17.5 Å². The molecule has 0 bridgehead atoms. The number of carbonyl (C=O) groups is 3. The lowest BCUT2D eigenvalue weighted by atomic mass is 9.93. The van der Waals surface area contributed by atoms with E-state index in [1.807, 2.05) is 48.7 Å². The van der Waals surface area contributed by atoms with E-state index in [9.17, 15) is 14.4 Å². The summed E-state index contributed by atoms with van der Waals surface area (Å²) in [5, 5.41) is 5.26. The fourth-order valence-corrected chi connectivity index (χ4v) is 4.21. The first-order chi connectivity index (χ1) is 15.4. The van der Waals surface area contributed by atoms with E-state index in [0.717, 1.165) is 33.5 Å². The van der Waals surface area contributed by atoms with Crippen LogP contribution < -0.4 is 10.7 Å². The van der Waals surface area contributed by atoms with E-state index in [2.05, 4.69) is 15.7 Å². The van der Waals surface area contributed by atoms with E-state index in [-0.39, 0.29) is 12.3 Å². The van der Waals surface area contributed by atoms with Gasteiger partial charge in [-0.25, -0.2) is 4.79 Å². The van der Waals surface area contributed by atoms with E-state index in [1.54, 1.807) is 13.0 Å². The van der Waals surface area contributed by atoms with E-state index in [0.29, 0.717) is 24.3 Å². The van der Waals surface area contributed by atoms with Gasteiger partial charge in [-0.05, 0) is 61.9 Å². The summed E-state index contributed by atoms with van der Waals surface area (Å²) < 4.78 is 0. The first-order valence-electron chi connectivity index (χ1n) is 10.6. The van der Waals surface area contributed by atoms with Gasteiger partial charge in [0.2, 0.25) is 5.91 Å². The SMILES string of the molecule is CC1(CCc2cccc(Cl)c2)NC(=O)N(NC(=O)CCCc2c[nH]c3ccccc23)C1=O. The highest BCUT2D eigenvalue weighted by atomic mass is 35.5. The van der Waals surface area contributed by atoms with Crippen molar-refractivity contribution < 1.29 is 14.4 Å². The number of fused-ring (bicyclic) bond motifs is 1. The molecule has 0 aliphatic carbocycles. The highest BCUT2D eigenvalue weighted by molar-refractivity contribution is 6.30. The van der Waals surface area contributed by atoms with Gasteiger partial charge in [-0.2, -0.15) is 5.01 Å². The van der Waals surface area contributed by atoms with Gasteiger partial charge in [0.15, 0.2) is 0 Å². The lowest BCUT2D eigenvalue weighted by Crippen LogP contribution is -2.48. The van der Waals surface area contributed by atoms with Crippen molar-refractivity contribution in [2.75, 3.05) is 0 Å². The lowest BCUT2D eigenvalue weighted by Gasteiger charge is -2.21. The zero-order valence-corrected chi connectivity index (χ0v) is 18.5. The van der Waals surface area contributed by atoms with Gasteiger partial charge >= 0.3 is 6.03 Å². The number of para-hydroxylation sites is 1. The molecule has 3 aromatic rings. The number of hydrogen-bond donors (Lipinski definition) is 3. The molecular weight excluding hydrogens is 428 g/mol. The Bertz CT molecular complexity index is 1170. The Labute approximate surface area is 191 Å². The Balaban J connectivity index is 1.30. The molecule has 2 heterocycles. The van der Waals surface area contributed by atoms with Crippen LogP contribution in [0, 0.1) is 0 Å². The van der Waals surface area contributed by atoms with E-state index in [4.69, 9.17) is 11.6 Å². The van der Waals surface area contributed by atoms with Crippen molar-refractivity contribution in [2.24, 2.45) is 0 Å². The third-order valence-corrected chi connectivity index (χ3v) is 6.06. The topological polar surface area (TPSA) is 94.3 Å². The summed E-state index contributed by atoms with van der Waals surface area (Å²) in [6, 6.07) is 14.8. The summed E-state index contributed by atoms with van der Waals surface area (Å²) in [4.78, 5) is 40.8. The second-order valence-electron chi connectivity index (χ2n) is 8.28. The van der Waals surface area contributed by atoms with E-state index in [1.165, 1.54) is 0 Å². The summed E-state index contributed by atoms with van der Waals surface area (Å²) >= 11 is 6.02. The number of aryl methyl sites for hydroxylation is 2. The lowest BCUT2D eigenvalue weighted by molar-refractivity contribution is -0.138. The number of halogens is 1. The first kappa shape index (κ1) is 21.9. The van der Waals surface area contributed by atoms with Gasteiger partial charge in [0.25, 0.3) is 5.91 Å². The van der Waals surface area contributed by atoms with Gasteiger partial charge < -0.3 is 10.3 Å². The number of urea groups is 1. The summed E-state index contributed by atoms with van der Waals surface area (Å²) in [5.41, 5.74) is 4.54. The smallest absolute Gasteiger partial charge is 0.344 e. The number of H-pyrrole nitrogens is 1.